The van der Waals surface area contributed by atoms with Crippen molar-refractivity contribution in [3.63, 3.8) is 0 Å². The molecule has 26 heavy (non-hydrogen) atoms. The monoisotopic (exact) mass is 354 g/mol. The van der Waals surface area contributed by atoms with E-state index in [0.29, 0.717) is 23.5 Å². The standard InChI is InChI=1S/C20H22N2O4/c1-3-22-15-11-7-8-12-17(15)26-20(2,19(22)25)18(24)21-13-16(23)14-9-5-4-6-10-14/h4-12,16,23H,3,13H2,1-2H3,(H,21,24). The molecule has 6 nitrogen and oxygen atoms in total. The number of aliphatic hydroxyl groups is 1. The fourth-order valence-corrected chi connectivity index (χ4v) is 3.01. The Labute approximate surface area is 152 Å². The van der Waals surface area contributed by atoms with Crippen LogP contribution in [0.4, 0.5) is 5.69 Å². The number of aliphatic hydroxyl groups excluding tert-OH is 1. The number of para-hydroxylation sites is 2. The number of likely N-dealkylation sites (N-methyl/N-ethyl adjacent to an activating group) is 1. The quantitative estimate of drug-likeness (QED) is 0.806. The van der Waals surface area contributed by atoms with Gasteiger partial charge in [0, 0.05) is 13.1 Å². The second kappa shape index (κ2) is 7.17. The van der Waals surface area contributed by atoms with E-state index >= 15 is 0 Å². The van der Waals surface area contributed by atoms with E-state index in [2.05, 4.69) is 5.32 Å². The van der Waals surface area contributed by atoms with Crippen LogP contribution in [0.15, 0.2) is 54.6 Å². The average Bonchev–Trinajstić information content (AvgIpc) is 2.67. The first-order valence-corrected chi connectivity index (χ1v) is 8.58. The molecule has 0 saturated heterocycles. The van der Waals surface area contributed by atoms with Gasteiger partial charge in [-0.2, -0.15) is 0 Å². The van der Waals surface area contributed by atoms with Crippen LogP contribution in [0.2, 0.25) is 0 Å². The van der Waals surface area contributed by atoms with Gasteiger partial charge < -0.3 is 20.1 Å². The third kappa shape index (κ3) is 3.15. The maximum Gasteiger partial charge on any atom is 0.280 e. The van der Waals surface area contributed by atoms with Crippen molar-refractivity contribution in [2.24, 2.45) is 0 Å². The van der Waals surface area contributed by atoms with Gasteiger partial charge >= 0.3 is 0 Å². The molecule has 0 radical (unpaired) electrons. The van der Waals surface area contributed by atoms with Crippen LogP contribution in [0.1, 0.15) is 25.5 Å². The number of nitrogens with one attached hydrogen (secondary N) is 1. The lowest BCUT2D eigenvalue weighted by molar-refractivity contribution is -0.148. The van der Waals surface area contributed by atoms with Gasteiger partial charge in [-0.15, -0.1) is 0 Å². The molecule has 0 aromatic heterocycles. The topological polar surface area (TPSA) is 78.9 Å². The highest BCUT2D eigenvalue weighted by Crippen LogP contribution is 2.37. The summed E-state index contributed by atoms with van der Waals surface area (Å²) in [7, 11) is 0. The smallest absolute Gasteiger partial charge is 0.280 e. The summed E-state index contributed by atoms with van der Waals surface area (Å²) in [6.45, 7) is 3.72. The van der Waals surface area contributed by atoms with Crippen molar-refractivity contribution >= 4 is 17.5 Å². The Morgan fingerprint density at radius 3 is 2.54 bits per heavy atom. The maximum absolute atomic E-state index is 12.9. The third-order valence-corrected chi connectivity index (χ3v) is 4.51. The lowest BCUT2D eigenvalue weighted by Crippen LogP contribution is -2.62. The number of nitrogens with zero attached hydrogens (tertiary/aromatic N) is 1. The molecule has 6 heteroatoms. The largest absolute Gasteiger partial charge is 0.466 e. The average molecular weight is 354 g/mol. The summed E-state index contributed by atoms with van der Waals surface area (Å²) in [5.41, 5.74) is -0.343. The van der Waals surface area contributed by atoms with Gasteiger partial charge in [0.1, 0.15) is 5.75 Å². The van der Waals surface area contributed by atoms with Crippen molar-refractivity contribution < 1.29 is 19.4 Å². The first kappa shape index (κ1) is 17.9. The molecule has 2 atom stereocenters. The Balaban J connectivity index is 1.77. The van der Waals surface area contributed by atoms with E-state index in [1.807, 2.05) is 31.2 Å². The molecule has 0 fully saturated rings. The highest BCUT2D eigenvalue weighted by Gasteiger charge is 2.50. The van der Waals surface area contributed by atoms with E-state index in [9.17, 15) is 14.7 Å². The van der Waals surface area contributed by atoms with Crippen molar-refractivity contribution in [2.75, 3.05) is 18.0 Å². The number of anilines is 1. The molecule has 0 aliphatic carbocycles. The van der Waals surface area contributed by atoms with E-state index in [-0.39, 0.29) is 6.54 Å². The van der Waals surface area contributed by atoms with Crippen LogP contribution < -0.4 is 15.0 Å². The predicted molar refractivity (Wildman–Crippen MR) is 97.9 cm³/mol. The first-order valence-electron chi connectivity index (χ1n) is 8.58. The molecule has 0 saturated carbocycles. The van der Waals surface area contributed by atoms with Crippen LogP contribution in [-0.2, 0) is 9.59 Å². The van der Waals surface area contributed by atoms with Crippen molar-refractivity contribution in [1.29, 1.82) is 0 Å². The molecule has 136 valence electrons. The second-order valence-corrected chi connectivity index (χ2v) is 6.29. The zero-order valence-electron chi connectivity index (χ0n) is 14.8. The normalized spacial score (nSPS) is 20.1. The van der Waals surface area contributed by atoms with Crippen LogP contribution in [0, 0.1) is 0 Å². The molecule has 0 bridgehead atoms. The number of hydrogen-bond acceptors (Lipinski definition) is 4. The maximum atomic E-state index is 12.9. The van der Waals surface area contributed by atoms with Crippen LogP contribution in [0.5, 0.6) is 5.75 Å². The summed E-state index contributed by atoms with van der Waals surface area (Å²) in [4.78, 5) is 27.2. The van der Waals surface area contributed by atoms with Crippen LogP contribution in [-0.4, -0.2) is 35.6 Å². The van der Waals surface area contributed by atoms with Gasteiger partial charge in [-0.1, -0.05) is 42.5 Å². The highest BCUT2D eigenvalue weighted by molar-refractivity contribution is 6.16. The van der Waals surface area contributed by atoms with E-state index < -0.39 is 23.5 Å². The van der Waals surface area contributed by atoms with Crippen LogP contribution in [0.25, 0.3) is 0 Å². The number of ether oxygens (including phenoxy) is 1. The van der Waals surface area contributed by atoms with E-state index in [1.54, 1.807) is 30.3 Å². The number of carbonyl (C=O) groups excluding carboxylic acids is 2. The van der Waals surface area contributed by atoms with E-state index in [4.69, 9.17) is 4.74 Å². The molecule has 0 spiro atoms. The van der Waals surface area contributed by atoms with E-state index in [0.717, 1.165) is 0 Å². The number of hydrogen-bond donors (Lipinski definition) is 2. The number of fused-ring (bicyclic) bond motifs is 1. The SMILES string of the molecule is CCN1C(=O)C(C)(C(=O)NCC(O)c2ccccc2)Oc2ccccc21. The summed E-state index contributed by atoms with van der Waals surface area (Å²) in [6, 6.07) is 16.1. The van der Waals surface area contributed by atoms with Gasteiger partial charge in [-0.25, -0.2) is 0 Å². The van der Waals surface area contributed by atoms with Gasteiger partial charge in [-0.05, 0) is 31.5 Å². The Morgan fingerprint density at radius 1 is 1.19 bits per heavy atom. The van der Waals surface area contributed by atoms with Gasteiger partial charge in [-0.3, -0.25) is 9.59 Å². The molecule has 2 aromatic carbocycles. The van der Waals surface area contributed by atoms with Crippen LogP contribution in [0.3, 0.4) is 0 Å². The second-order valence-electron chi connectivity index (χ2n) is 6.29. The van der Waals surface area contributed by atoms with Gasteiger partial charge in [0.15, 0.2) is 0 Å². The molecule has 2 N–H and O–H groups in total. The number of benzene rings is 2. The van der Waals surface area contributed by atoms with Gasteiger partial charge in [0.05, 0.1) is 11.8 Å². The summed E-state index contributed by atoms with van der Waals surface area (Å²) in [6.07, 6.45) is -0.864. The number of rotatable bonds is 5. The van der Waals surface area contributed by atoms with Crippen molar-refractivity contribution in [3.8, 4) is 5.75 Å². The Bertz CT molecular complexity index is 808. The lowest BCUT2D eigenvalue weighted by Gasteiger charge is -2.39. The zero-order chi connectivity index (χ0) is 18.7. The molecule has 2 unspecified atom stereocenters. The fourth-order valence-electron chi connectivity index (χ4n) is 3.01. The molecule has 1 heterocycles. The molecule has 2 aromatic rings. The summed E-state index contributed by atoms with van der Waals surface area (Å²) in [5, 5.41) is 12.9. The predicted octanol–water partition coefficient (Wildman–Crippen LogP) is 2.04. The number of amides is 2. The molecule has 1 aliphatic heterocycles. The van der Waals surface area contributed by atoms with Gasteiger partial charge in [0.2, 0.25) is 0 Å². The molecule has 1 aliphatic rings. The minimum atomic E-state index is -1.68. The summed E-state index contributed by atoms with van der Waals surface area (Å²) >= 11 is 0. The fraction of sp³-hybridized carbons (Fsp3) is 0.300. The summed E-state index contributed by atoms with van der Waals surface area (Å²) in [5.74, 6) is -0.522. The molecular weight excluding hydrogens is 332 g/mol. The van der Waals surface area contributed by atoms with Crippen molar-refractivity contribution in [3.05, 3.63) is 60.2 Å². The van der Waals surface area contributed by atoms with E-state index in [1.165, 1.54) is 11.8 Å². The molecule has 2 amide bonds. The Kier molecular flexibility index (Phi) is 4.95. The minimum absolute atomic E-state index is 0.0111. The Hall–Kier alpha value is -2.86. The van der Waals surface area contributed by atoms with Crippen molar-refractivity contribution in [1.82, 2.24) is 5.32 Å². The highest BCUT2D eigenvalue weighted by atomic mass is 16.5. The van der Waals surface area contributed by atoms with Gasteiger partial charge in [0.25, 0.3) is 17.4 Å². The molecule has 3 rings (SSSR count). The number of carbonyl (C=O) groups is 2. The Morgan fingerprint density at radius 2 is 1.85 bits per heavy atom. The molecular formula is C20H22N2O4. The van der Waals surface area contributed by atoms with Crippen LogP contribution >= 0.6 is 0 Å². The first-order chi connectivity index (χ1) is 12.5. The zero-order valence-corrected chi connectivity index (χ0v) is 14.8. The van der Waals surface area contributed by atoms with Crippen molar-refractivity contribution in [2.45, 2.75) is 25.6 Å². The third-order valence-electron chi connectivity index (χ3n) is 4.51. The summed E-state index contributed by atoms with van der Waals surface area (Å²) < 4.78 is 5.78. The minimum Gasteiger partial charge on any atom is -0.466 e. The lowest BCUT2D eigenvalue weighted by atomic mass is 9.99.